The van der Waals surface area contributed by atoms with Gasteiger partial charge in [-0.3, -0.25) is 9.59 Å². The number of anilines is 2. The summed E-state index contributed by atoms with van der Waals surface area (Å²) in [4.78, 5) is 24.6. The molecule has 0 saturated heterocycles. The molecule has 0 aliphatic carbocycles. The Morgan fingerprint density at radius 2 is 1.05 bits per heavy atom. The second-order valence-corrected chi connectivity index (χ2v) is 9.82. The number of benzene rings is 3. The Labute approximate surface area is 250 Å². The van der Waals surface area contributed by atoms with Gasteiger partial charge in [-0.05, 0) is 60.7 Å². The first-order valence-electron chi connectivity index (χ1n) is 12.6. The van der Waals surface area contributed by atoms with Crippen LogP contribution in [0.1, 0.15) is 11.4 Å². The Hall–Kier alpha value is -4.94. The van der Waals surface area contributed by atoms with Gasteiger partial charge in [0.15, 0.2) is 11.5 Å². The summed E-state index contributed by atoms with van der Waals surface area (Å²) < 4.78 is 14.6. The van der Waals surface area contributed by atoms with Crippen LogP contribution in [-0.4, -0.2) is 41.8 Å². The first kappa shape index (κ1) is 28.6. The molecule has 0 aliphatic heterocycles. The summed E-state index contributed by atoms with van der Waals surface area (Å²) >= 11 is 11.7. The van der Waals surface area contributed by atoms with E-state index in [2.05, 4.69) is 31.3 Å². The van der Waals surface area contributed by atoms with Crippen LogP contribution >= 0.6 is 23.2 Å². The average Bonchev–Trinajstić information content (AvgIpc) is 3.62. The summed E-state index contributed by atoms with van der Waals surface area (Å²) in [5, 5.41) is 22.8. The van der Waals surface area contributed by atoms with Crippen LogP contribution in [0.5, 0.6) is 11.5 Å². The number of halogens is 2. The predicted molar refractivity (Wildman–Crippen MR) is 155 cm³/mol. The summed E-state index contributed by atoms with van der Waals surface area (Å²) in [7, 11) is 0. The normalized spacial score (nSPS) is 10.7. The van der Waals surface area contributed by atoms with Gasteiger partial charge in [-0.25, -0.2) is 9.36 Å². The lowest BCUT2D eigenvalue weighted by Crippen LogP contribution is -2.19. The maximum Gasteiger partial charge on any atom is 0.246 e. The largest absolute Gasteiger partial charge is 0.483 e. The zero-order valence-corrected chi connectivity index (χ0v) is 23.5. The molecular formula is C28H24Cl2N8O4. The lowest BCUT2D eigenvalue weighted by molar-refractivity contribution is -0.117. The van der Waals surface area contributed by atoms with Crippen molar-refractivity contribution in [1.82, 2.24) is 30.0 Å². The Morgan fingerprint density at radius 1 is 0.643 bits per heavy atom. The summed E-state index contributed by atoms with van der Waals surface area (Å²) in [6, 6.07) is 20.8. The Bertz CT molecular complexity index is 1530. The second kappa shape index (κ2) is 13.6. The highest BCUT2D eigenvalue weighted by Gasteiger charge is 2.12. The molecule has 5 rings (SSSR count). The number of rotatable bonds is 12. The van der Waals surface area contributed by atoms with Crippen molar-refractivity contribution in [2.75, 3.05) is 10.6 Å². The van der Waals surface area contributed by atoms with E-state index in [9.17, 15) is 9.59 Å². The molecule has 2 amide bonds. The fourth-order valence-corrected chi connectivity index (χ4v) is 3.97. The Morgan fingerprint density at radius 3 is 1.45 bits per heavy atom. The minimum atomic E-state index is -0.257. The fraction of sp³-hybridized carbons (Fsp3) is 0.143. The number of ether oxygens (including phenoxy) is 2. The molecule has 214 valence electrons. The van der Waals surface area contributed by atoms with Gasteiger partial charge in [0.25, 0.3) is 0 Å². The molecule has 12 nitrogen and oxygen atoms in total. The molecule has 42 heavy (non-hydrogen) atoms. The van der Waals surface area contributed by atoms with E-state index in [1.165, 1.54) is 9.36 Å². The van der Waals surface area contributed by atoms with Gasteiger partial charge in [0.1, 0.15) is 37.7 Å². The SMILES string of the molecule is O=C(Cn1cc(COc2ccccc2OCc2cn(CC(=O)Nc3ccc(Cl)cc3)nn2)nn1)Nc1ccc(Cl)cc1. The highest BCUT2D eigenvalue weighted by Crippen LogP contribution is 2.28. The zero-order chi connectivity index (χ0) is 29.3. The molecule has 0 radical (unpaired) electrons. The van der Waals surface area contributed by atoms with Gasteiger partial charge in [0, 0.05) is 21.4 Å². The molecule has 3 aromatic carbocycles. The minimum Gasteiger partial charge on any atom is -0.483 e. The van der Waals surface area contributed by atoms with E-state index in [0.717, 1.165) is 0 Å². The first-order valence-corrected chi connectivity index (χ1v) is 13.4. The van der Waals surface area contributed by atoms with E-state index in [0.29, 0.717) is 44.3 Å². The third-order valence-corrected chi connectivity index (χ3v) is 6.14. The summed E-state index contributed by atoms with van der Waals surface area (Å²) in [6.07, 6.45) is 3.26. The number of nitrogens with one attached hydrogen (secondary N) is 2. The standard InChI is InChI=1S/C28H24Cl2N8O4/c29-19-5-9-21(10-6-19)31-27(39)15-37-13-23(33-35-37)17-41-25-3-1-2-4-26(25)42-18-24-14-38(36-34-24)16-28(40)32-22-11-7-20(30)8-12-22/h1-14H,15-18H2,(H,31,39)(H,32,40). The lowest BCUT2D eigenvalue weighted by atomic mass is 10.3. The van der Waals surface area contributed by atoms with Crippen molar-refractivity contribution >= 4 is 46.4 Å². The van der Waals surface area contributed by atoms with E-state index in [1.807, 2.05) is 12.1 Å². The molecule has 0 atom stereocenters. The number of carbonyl (C=O) groups is 2. The summed E-state index contributed by atoms with van der Waals surface area (Å²) in [6.45, 7) is 0.188. The Balaban J connectivity index is 1.09. The number of aromatic nitrogens is 6. The van der Waals surface area contributed by atoms with Gasteiger partial charge in [-0.2, -0.15) is 0 Å². The zero-order valence-electron chi connectivity index (χ0n) is 22.0. The molecule has 2 N–H and O–H groups in total. The number of hydrogen-bond acceptors (Lipinski definition) is 8. The molecule has 2 heterocycles. The highest BCUT2D eigenvalue weighted by molar-refractivity contribution is 6.31. The van der Waals surface area contributed by atoms with Crippen LogP contribution in [0.25, 0.3) is 0 Å². The number of amides is 2. The average molecular weight is 607 g/mol. The highest BCUT2D eigenvalue weighted by atomic mass is 35.5. The smallest absolute Gasteiger partial charge is 0.246 e. The number of nitrogens with zero attached hydrogens (tertiary/aromatic N) is 6. The molecule has 0 spiro atoms. The van der Waals surface area contributed by atoms with Crippen molar-refractivity contribution in [2.24, 2.45) is 0 Å². The van der Waals surface area contributed by atoms with Crippen LogP contribution in [-0.2, 0) is 35.9 Å². The van der Waals surface area contributed by atoms with E-state index < -0.39 is 0 Å². The van der Waals surface area contributed by atoms with Crippen LogP contribution in [0.2, 0.25) is 10.0 Å². The summed E-state index contributed by atoms with van der Waals surface area (Å²) in [5.41, 5.74) is 2.33. The van der Waals surface area contributed by atoms with Crippen molar-refractivity contribution < 1.29 is 19.1 Å². The first-order chi connectivity index (χ1) is 20.4. The van der Waals surface area contributed by atoms with E-state index >= 15 is 0 Å². The number of carbonyl (C=O) groups excluding carboxylic acids is 2. The van der Waals surface area contributed by atoms with Crippen LogP contribution in [0.15, 0.2) is 85.2 Å². The van der Waals surface area contributed by atoms with Gasteiger partial charge in [0.05, 0.1) is 12.4 Å². The van der Waals surface area contributed by atoms with E-state index in [-0.39, 0.29) is 38.1 Å². The molecule has 0 aliphatic rings. The molecule has 14 heteroatoms. The maximum atomic E-state index is 12.3. The molecule has 5 aromatic rings. The molecule has 2 aromatic heterocycles. The number of para-hydroxylation sites is 2. The van der Waals surface area contributed by atoms with Gasteiger partial charge in [-0.1, -0.05) is 45.8 Å². The predicted octanol–water partition coefficient (Wildman–Crippen LogP) is 4.61. The van der Waals surface area contributed by atoms with Crippen molar-refractivity contribution in [1.29, 1.82) is 0 Å². The fourth-order valence-electron chi connectivity index (χ4n) is 3.72. The van der Waals surface area contributed by atoms with Crippen LogP contribution in [0, 0.1) is 0 Å². The van der Waals surface area contributed by atoms with Gasteiger partial charge < -0.3 is 20.1 Å². The number of hydrogen-bond donors (Lipinski definition) is 2. The van der Waals surface area contributed by atoms with E-state index in [4.69, 9.17) is 32.7 Å². The van der Waals surface area contributed by atoms with Crippen molar-refractivity contribution in [3.05, 3.63) is 107 Å². The quantitative estimate of drug-likeness (QED) is 0.210. The van der Waals surface area contributed by atoms with Crippen molar-refractivity contribution in [3.8, 4) is 11.5 Å². The van der Waals surface area contributed by atoms with Gasteiger partial charge >= 0.3 is 0 Å². The van der Waals surface area contributed by atoms with E-state index in [1.54, 1.807) is 73.1 Å². The second-order valence-electron chi connectivity index (χ2n) is 8.95. The van der Waals surface area contributed by atoms with Crippen LogP contribution < -0.4 is 20.1 Å². The maximum absolute atomic E-state index is 12.3. The molecule has 0 unspecified atom stereocenters. The Kier molecular flexibility index (Phi) is 9.27. The van der Waals surface area contributed by atoms with Gasteiger partial charge in [0.2, 0.25) is 11.8 Å². The van der Waals surface area contributed by atoms with Crippen LogP contribution in [0.3, 0.4) is 0 Å². The molecular weight excluding hydrogens is 583 g/mol. The topological polar surface area (TPSA) is 138 Å². The molecule has 0 fully saturated rings. The van der Waals surface area contributed by atoms with Crippen molar-refractivity contribution in [2.45, 2.75) is 26.3 Å². The van der Waals surface area contributed by atoms with Gasteiger partial charge in [-0.15, -0.1) is 10.2 Å². The lowest BCUT2D eigenvalue weighted by Gasteiger charge is -2.11. The van der Waals surface area contributed by atoms with Crippen molar-refractivity contribution in [3.63, 3.8) is 0 Å². The third-order valence-electron chi connectivity index (χ3n) is 5.64. The molecule has 0 bridgehead atoms. The third kappa shape index (κ3) is 8.29. The summed E-state index contributed by atoms with van der Waals surface area (Å²) in [5.74, 6) is 0.463. The minimum absolute atomic E-state index is 0.0151. The van der Waals surface area contributed by atoms with Crippen LogP contribution in [0.4, 0.5) is 11.4 Å². The monoisotopic (exact) mass is 606 g/mol. The molecule has 0 saturated carbocycles.